The van der Waals surface area contributed by atoms with Gasteiger partial charge in [0.15, 0.2) is 9.84 Å². The van der Waals surface area contributed by atoms with E-state index >= 15 is 0 Å². The summed E-state index contributed by atoms with van der Waals surface area (Å²) in [6.45, 7) is 2.48. The Hall–Kier alpha value is -0.620. The zero-order chi connectivity index (χ0) is 11.8. The molecular formula is C10H13BrN2O2S. The summed E-state index contributed by atoms with van der Waals surface area (Å²) in [5, 5.41) is 0. The van der Waals surface area contributed by atoms with Crippen LogP contribution < -0.4 is 4.90 Å². The molecule has 0 radical (unpaired) electrons. The molecule has 1 atom stereocenters. The summed E-state index contributed by atoms with van der Waals surface area (Å²) >= 11 is 3.43. The Balaban J connectivity index is 2.27. The normalized spacial score (nSPS) is 24.4. The van der Waals surface area contributed by atoms with Gasteiger partial charge in [-0.05, 0) is 28.9 Å². The van der Waals surface area contributed by atoms with Crippen molar-refractivity contribution in [3.63, 3.8) is 0 Å². The molecule has 0 aromatic carbocycles. The molecule has 1 aromatic heterocycles. The first-order chi connectivity index (χ1) is 7.49. The second-order valence-corrected chi connectivity index (χ2v) is 7.07. The van der Waals surface area contributed by atoms with Crippen LogP contribution in [0.5, 0.6) is 0 Å². The molecule has 2 heterocycles. The number of hydrogen-bond donors (Lipinski definition) is 0. The Morgan fingerprint density at radius 3 is 2.94 bits per heavy atom. The average Bonchev–Trinajstić information content (AvgIpc) is 2.18. The molecule has 6 heteroatoms. The van der Waals surface area contributed by atoms with Crippen LogP contribution in [0.1, 0.15) is 6.92 Å². The monoisotopic (exact) mass is 304 g/mol. The molecule has 0 N–H and O–H groups in total. The fourth-order valence-electron chi connectivity index (χ4n) is 1.96. The topological polar surface area (TPSA) is 50.3 Å². The van der Waals surface area contributed by atoms with E-state index in [2.05, 4.69) is 25.8 Å². The van der Waals surface area contributed by atoms with Crippen LogP contribution >= 0.6 is 15.9 Å². The highest BCUT2D eigenvalue weighted by atomic mass is 79.9. The van der Waals surface area contributed by atoms with Gasteiger partial charge < -0.3 is 4.90 Å². The lowest BCUT2D eigenvalue weighted by Crippen LogP contribution is -2.47. The van der Waals surface area contributed by atoms with Crippen molar-refractivity contribution < 1.29 is 8.42 Å². The number of nitrogens with zero attached hydrogens (tertiary/aromatic N) is 2. The van der Waals surface area contributed by atoms with Crippen LogP contribution in [0.25, 0.3) is 0 Å². The smallest absolute Gasteiger partial charge is 0.154 e. The highest BCUT2D eigenvalue weighted by Crippen LogP contribution is 2.28. The van der Waals surface area contributed by atoms with E-state index in [-0.39, 0.29) is 17.5 Å². The summed E-state index contributed by atoms with van der Waals surface area (Å²) in [6, 6.07) is 1.91. The number of aromatic nitrogens is 1. The van der Waals surface area contributed by atoms with Crippen LogP contribution in [0.2, 0.25) is 0 Å². The fraction of sp³-hybridized carbons (Fsp3) is 0.500. The zero-order valence-corrected chi connectivity index (χ0v) is 11.3. The fourth-order valence-corrected chi connectivity index (χ4v) is 3.99. The van der Waals surface area contributed by atoms with Gasteiger partial charge in [-0.2, -0.15) is 0 Å². The van der Waals surface area contributed by atoms with Crippen molar-refractivity contribution in [2.75, 3.05) is 23.0 Å². The van der Waals surface area contributed by atoms with Crippen molar-refractivity contribution in [3.05, 3.63) is 22.9 Å². The molecule has 1 aromatic rings. The molecule has 0 spiro atoms. The van der Waals surface area contributed by atoms with Gasteiger partial charge in [-0.3, -0.25) is 4.98 Å². The molecule has 88 valence electrons. The van der Waals surface area contributed by atoms with Gasteiger partial charge in [0.25, 0.3) is 0 Å². The minimum Gasteiger partial charge on any atom is -0.366 e. The Morgan fingerprint density at radius 2 is 2.31 bits per heavy atom. The van der Waals surface area contributed by atoms with Gasteiger partial charge in [0, 0.05) is 25.0 Å². The van der Waals surface area contributed by atoms with Crippen molar-refractivity contribution in [2.45, 2.75) is 13.0 Å². The number of rotatable bonds is 1. The maximum Gasteiger partial charge on any atom is 0.154 e. The summed E-state index contributed by atoms with van der Waals surface area (Å²) < 4.78 is 23.8. The third-order valence-corrected chi connectivity index (χ3v) is 5.14. The predicted octanol–water partition coefficient (Wildman–Crippen LogP) is 1.47. The van der Waals surface area contributed by atoms with Crippen LogP contribution in [0.4, 0.5) is 5.69 Å². The molecular weight excluding hydrogens is 292 g/mol. The number of hydrogen-bond acceptors (Lipinski definition) is 4. The predicted molar refractivity (Wildman–Crippen MR) is 67.4 cm³/mol. The first-order valence-corrected chi connectivity index (χ1v) is 7.67. The van der Waals surface area contributed by atoms with Gasteiger partial charge in [0.05, 0.1) is 21.7 Å². The van der Waals surface area contributed by atoms with E-state index in [9.17, 15) is 8.42 Å². The maximum atomic E-state index is 11.5. The Morgan fingerprint density at radius 1 is 1.56 bits per heavy atom. The van der Waals surface area contributed by atoms with E-state index in [1.54, 1.807) is 12.4 Å². The van der Waals surface area contributed by atoms with Crippen molar-refractivity contribution in [2.24, 2.45) is 0 Å². The second-order valence-electron chi connectivity index (χ2n) is 3.98. The van der Waals surface area contributed by atoms with Crippen molar-refractivity contribution in [1.29, 1.82) is 0 Å². The van der Waals surface area contributed by atoms with Crippen LogP contribution in [-0.4, -0.2) is 37.5 Å². The molecule has 1 fully saturated rings. The van der Waals surface area contributed by atoms with Crippen LogP contribution in [0.15, 0.2) is 22.9 Å². The summed E-state index contributed by atoms with van der Waals surface area (Å²) in [4.78, 5) is 6.11. The molecule has 4 nitrogen and oxygen atoms in total. The molecule has 1 unspecified atom stereocenters. The van der Waals surface area contributed by atoms with E-state index in [0.717, 1.165) is 10.2 Å². The molecule has 0 bridgehead atoms. The molecule has 1 aliphatic rings. The molecule has 0 amide bonds. The Kier molecular flexibility index (Phi) is 3.21. The minimum atomic E-state index is -2.86. The van der Waals surface area contributed by atoms with Crippen LogP contribution in [-0.2, 0) is 9.84 Å². The summed E-state index contributed by atoms with van der Waals surface area (Å²) in [7, 11) is -2.86. The summed E-state index contributed by atoms with van der Waals surface area (Å²) in [5.41, 5.74) is 1.01. The van der Waals surface area contributed by atoms with E-state index in [1.165, 1.54) is 0 Å². The van der Waals surface area contributed by atoms with Crippen molar-refractivity contribution in [3.8, 4) is 0 Å². The van der Waals surface area contributed by atoms with E-state index in [4.69, 9.17) is 0 Å². The van der Waals surface area contributed by atoms with E-state index in [1.807, 2.05) is 13.0 Å². The zero-order valence-electron chi connectivity index (χ0n) is 8.93. The third kappa shape index (κ3) is 2.38. The molecule has 0 aliphatic carbocycles. The Bertz CT molecular complexity index is 489. The summed E-state index contributed by atoms with van der Waals surface area (Å²) in [6.07, 6.45) is 3.45. The largest absolute Gasteiger partial charge is 0.366 e. The average molecular weight is 305 g/mol. The van der Waals surface area contributed by atoms with E-state index < -0.39 is 9.84 Å². The summed E-state index contributed by atoms with van der Waals surface area (Å²) in [5.74, 6) is 0.452. The number of anilines is 1. The first kappa shape index (κ1) is 11.9. The third-order valence-electron chi connectivity index (χ3n) is 2.73. The molecule has 1 aliphatic heterocycles. The maximum absolute atomic E-state index is 11.5. The van der Waals surface area contributed by atoms with Gasteiger partial charge in [-0.1, -0.05) is 0 Å². The lowest BCUT2D eigenvalue weighted by molar-refractivity contribution is 0.568. The van der Waals surface area contributed by atoms with Crippen molar-refractivity contribution >= 4 is 31.5 Å². The number of halogens is 1. The molecule has 0 saturated carbocycles. The van der Waals surface area contributed by atoms with Crippen LogP contribution in [0, 0.1) is 0 Å². The number of pyridine rings is 1. The standard InChI is InChI=1S/C10H13BrN2O2S/c1-8-7-16(14,15)5-4-13(8)10-2-3-12-6-9(10)11/h2-3,6,8H,4-5,7H2,1H3. The Labute approximate surface area is 104 Å². The quantitative estimate of drug-likeness (QED) is 0.788. The SMILES string of the molecule is CC1CS(=O)(=O)CCN1c1ccncc1Br. The van der Waals surface area contributed by atoms with Gasteiger partial charge >= 0.3 is 0 Å². The highest BCUT2D eigenvalue weighted by molar-refractivity contribution is 9.10. The second kappa shape index (κ2) is 4.33. The molecule has 16 heavy (non-hydrogen) atoms. The van der Waals surface area contributed by atoms with Crippen molar-refractivity contribution in [1.82, 2.24) is 4.98 Å². The molecule has 1 saturated heterocycles. The first-order valence-electron chi connectivity index (χ1n) is 5.06. The molecule has 2 rings (SSSR count). The highest BCUT2D eigenvalue weighted by Gasteiger charge is 2.28. The van der Waals surface area contributed by atoms with E-state index in [0.29, 0.717) is 6.54 Å². The lowest BCUT2D eigenvalue weighted by atomic mass is 10.2. The number of sulfone groups is 1. The van der Waals surface area contributed by atoms with Crippen LogP contribution in [0.3, 0.4) is 0 Å². The van der Waals surface area contributed by atoms with Gasteiger partial charge in [-0.15, -0.1) is 0 Å². The lowest BCUT2D eigenvalue weighted by Gasteiger charge is -2.35. The van der Waals surface area contributed by atoms with Gasteiger partial charge in [0.1, 0.15) is 0 Å². The van der Waals surface area contributed by atoms with Gasteiger partial charge in [0.2, 0.25) is 0 Å². The van der Waals surface area contributed by atoms with Gasteiger partial charge in [-0.25, -0.2) is 8.42 Å². The minimum absolute atomic E-state index is 0.0115.